The van der Waals surface area contributed by atoms with Gasteiger partial charge in [0.05, 0.1) is 15.6 Å². The Kier molecular flexibility index (Phi) is 5.30. The molecule has 0 aromatic heterocycles. The second-order valence-corrected chi connectivity index (χ2v) is 9.01. The van der Waals surface area contributed by atoms with Gasteiger partial charge >= 0.3 is 0 Å². The molecule has 0 unspecified atom stereocenters. The van der Waals surface area contributed by atoms with Crippen LogP contribution < -0.4 is 4.90 Å². The number of aryl methyl sites for hydroxylation is 2. The number of halogens is 2. The first-order valence-electron chi connectivity index (χ1n) is 8.06. The summed E-state index contributed by atoms with van der Waals surface area (Å²) in [7, 11) is -3.47. The van der Waals surface area contributed by atoms with Crippen LogP contribution >= 0.6 is 23.2 Å². The highest BCUT2D eigenvalue weighted by Gasteiger charge is 2.29. The first kappa shape index (κ1) is 18.5. The maximum atomic E-state index is 12.9. The van der Waals surface area contributed by atoms with Crippen molar-refractivity contribution in [3.8, 4) is 0 Å². The number of hydrogen-bond acceptors (Lipinski definition) is 3. The number of hydrogen-bond donors (Lipinski definition) is 0. The second-order valence-electron chi connectivity index (χ2n) is 6.23. The third-order valence-corrected chi connectivity index (χ3v) is 7.04. The molecule has 0 aliphatic carbocycles. The molecule has 25 heavy (non-hydrogen) atoms. The van der Waals surface area contributed by atoms with Crippen molar-refractivity contribution in [1.29, 1.82) is 0 Å². The van der Waals surface area contributed by atoms with Crippen LogP contribution in [0.25, 0.3) is 0 Å². The van der Waals surface area contributed by atoms with Gasteiger partial charge in [-0.2, -0.15) is 4.31 Å². The zero-order valence-electron chi connectivity index (χ0n) is 14.2. The van der Waals surface area contributed by atoms with Crippen molar-refractivity contribution in [2.75, 3.05) is 31.1 Å². The average Bonchev–Trinajstić information content (AvgIpc) is 2.57. The zero-order chi connectivity index (χ0) is 18.2. The maximum absolute atomic E-state index is 12.9. The SMILES string of the molecule is Cc1ccc(S(=O)(=O)N2CCN(c3ccc(Cl)cc3Cl)CC2)cc1C. The highest BCUT2D eigenvalue weighted by atomic mass is 35.5. The molecule has 1 fully saturated rings. The van der Waals surface area contributed by atoms with Crippen LogP contribution in [0.1, 0.15) is 11.1 Å². The van der Waals surface area contributed by atoms with Gasteiger partial charge in [-0.1, -0.05) is 29.3 Å². The van der Waals surface area contributed by atoms with Crippen LogP contribution in [-0.4, -0.2) is 38.9 Å². The Morgan fingerprint density at radius 1 is 0.880 bits per heavy atom. The van der Waals surface area contributed by atoms with E-state index in [1.54, 1.807) is 24.3 Å². The lowest BCUT2D eigenvalue weighted by molar-refractivity contribution is 0.385. The number of rotatable bonds is 3. The number of anilines is 1. The maximum Gasteiger partial charge on any atom is 0.243 e. The summed E-state index contributed by atoms with van der Waals surface area (Å²) in [6.45, 7) is 5.93. The lowest BCUT2D eigenvalue weighted by atomic mass is 10.1. The van der Waals surface area contributed by atoms with Gasteiger partial charge in [0.2, 0.25) is 10.0 Å². The third-order valence-electron chi connectivity index (χ3n) is 4.61. The molecule has 134 valence electrons. The minimum atomic E-state index is -3.47. The summed E-state index contributed by atoms with van der Waals surface area (Å²) in [6.07, 6.45) is 0. The summed E-state index contributed by atoms with van der Waals surface area (Å²) in [5.41, 5.74) is 2.95. The van der Waals surface area contributed by atoms with Gasteiger partial charge in [-0.05, 0) is 55.3 Å². The quantitative estimate of drug-likeness (QED) is 0.780. The molecule has 0 N–H and O–H groups in total. The summed E-state index contributed by atoms with van der Waals surface area (Å²) in [6, 6.07) is 10.6. The summed E-state index contributed by atoms with van der Waals surface area (Å²) in [5, 5.41) is 1.17. The van der Waals surface area contributed by atoms with Crippen LogP contribution in [0.2, 0.25) is 10.0 Å². The standard InChI is InChI=1S/C18H20Cl2N2O2S/c1-13-3-5-16(11-14(13)2)25(23,24)22-9-7-21(8-10-22)18-6-4-15(19)12-17(18)20/h3-6,11-12H,7-10H2,1-2H3. The predicted octanol–water partition coefficient (Wildman–Crippen LogP) is 4.12. The van der Waals surface area contributed by atoms with Crippen molar-refractivity contribution < 1.29 is 8.42 Å². The van der Waals surface area contributed by atoms with Gasteiger partial charge in [-0.3, -0.25) is 0 Å². The summed E-state index contributed by atoms with van der Waals surface area (Å²) >= 11 is 12.2. The van der Waals surface area contributed by atoms with Crippen LogP contribution in [0.5, 0.6) is 0 Å². The highest BCUT2D eigenvalue weighted by Crippen LogP contribution is 2.30. The fraction of sp³-hybridized carbons (Fsp3) is 0.333. The molecule has 0 saturated carbocycles. The Morgan fingerprint density at radius 3 is 2.16 bits per heavy atom. The summed E-state index contributed by atoms with van der Waals surface area (Å²) < 4.78 is 27.3. The minimum Gasteiger partial charge on any atom is -0.368 e. The van der Waals surface area contributed by atoms with E-state index in [9.17, 15) is 8.42 Å². The van der Waals surface area contributed by atoms with Gasteiger partial charge < -0.3 is 4.90 Å². The van der Waals surface area contributed by atoms with E-state index < -0.39 is 10.0 Å². The predicted molar refractivity (Wildman–Crippen MR) is 103 cm³/mol. The molecule has 0 bridgehead atoms. The molecule has 1 aliphatic heterocycles. The lowest BCUT2D eigenvalue weighted by Gasteiger charge is -2.35. The van der Waals surface area contributed by atoms with E-state index in [1.165, 1.54) is 4.31 Å². The third kappa shape index (κ3) is 3.80. The molecule has 0 radical (unpaired) electrons. The van der Waals surface area contributed by atoms with Crippen LogP contribution in [0, 0.1) is 13.8 Å². The Hall–Kier alpha value is -1.27. The Labute approximate surface area is 159 Å². The van der Waals surface area contributed by atoms with Gasteiger partial charge in [0, 0.05) is 31.2 Å². The van der Waals surface area contributed by atoms with Gasteiger partial charge in [0.1, 0.15) is 0 Å². The molecule has 7 heteroatoms. The number of nitrogens with zero attached hydrogens (tertiary/aromatic N) is 2. The molecule has 0 atom stereocenters. The molecular formula is C18H20Cl2N2O2S. The molecule has 3 rings (SSSR count). The minimum absolute atomic E-state index is 0.355. The first-order chi connectivity index (χ1) is 11.8. The summed E-state index contributed by atoms with van der Waals surface area (Å²) in [5.74, 6) is 0. The Bertz CT molecular complexity index is 892. The molecule has 2 aromatic carbocycles. The van der Waals surface area contributed by atoms with E-state index >= 15 is 0 Å². The van der Waals surface area contributed by atoms with Gasteiger partial charge in [0.15, 0.2) is 0 Å². The fourth-order valence-corrected chi connectivity index (χ4v) is 4.97. The van der Waals surface area contributed by atoms with Crippen molar-refractivity contribution in [3.63, 3.8) is 0 Å². The normalized spacial score (nSPS) is 16.2. The molecular weight excluding hydrogens is 379 g/mol. The van der Waals surface area contributed by atoms with Gasteiger partial charge in [0.25, 0.3) is 0 Å². The molecule has 1 aliphatic rings. The second kappa shape index (κ2) is 7.16. The fourth-order valence-electron chi connectivity index (χ4n) is 2.93. The van der Waals surface area contributed by atoms with E-state index in [2.05, 4.69) is 4.90 Å². The van der Waals surface area contributed by atoms with Gasteiger partial charge in [-0.15, -0.1) is 0 Å². The van der Waals surface area contributed by atoms with Crippen LogP contribution in [0.15, 0.2) is 41.3 Å². The number of benzene rings is 2. The molecule has 1 saturated heterocycles. The first-order valence-corrected chi connectivity index (χ1v) is 10.3. The molecule has 0 spiro atoms. The van der Waals surface area contributed by atoms with E-state index in [-0.39, 0.29) is 0 Å². The zero-order valence-corrected chi connectivity index (χ0v) is 16.5. The van der Waals surface area contributed by atoms with E-state index in [0.717, 1.165) is 16.8 Å². The summed E-state index contributed by atoms with van der Waals surface area (Å²) in [4.78, 5) is 2.44. The smallest absolute Gasteiger partial charge is 0.243 e. The Morgan fingerprint density at radius 2 is 1.56 bits per heavy atom. The lowest BCUT2D eigenvalue weighted by Crippen LogP contribution is -2.48. The van der Waals surface area contributed by atoms with E-state index in [1.807, 2.05) is 26.0 Å². The number of sulfonamides is 1. The topological polar surface area (TPSA) is 40.6 Å². The Balaban J connectivity index is 1.76. The van der Waals surface area contributed by atoms with Crippen molar-refractivity contribution in [1.82, 2.24) is 4.31 Å². The van der Waals surface area contributed by atoms with Crippen LogP contribution in [-0.2, 0) is 10.0 Å². The monoisotopic (exact) mass is 398 g/mol. The molecule has 1 heterocycles. The molecule has 0 amide bonds. The number of piperazine rings is 1. The van der Waals surface area contributed by atoms with E-state index in [0.29, 0.717) is 41.1 Å². The van der Waals surface area contributed by atoms with Crippen molar-refractivity contribution in [3.05, 3.63) is 57.6 Å². The molecule has 4 nitrogen and oxygen atoms in total. The molecule has 2 aromatic rings. The largest absolute Gasteiger partial charge is 0.368 e. The van der Waals surface area contributed by atoms with Crippen molar-refractivity contribution in [2.24, 2.45) is 0 Å². The highest BCUT2D eigenvalue weighted by molar-refractivity contribution is 7.89. The van der Waals surface area contributed by atoms with Crippen molar-refractivity contribution in [2.45, 2.75) is 18.7 Å². The van der Waals surface area contributed by atoms with Crippen molar-refractivity contribution >= 4 is 38.9 Å². The van der Waals surface area contributed by atoms with Crippen LogP contribution in [0.3, 0.4) is 0 Å². The van der Waals surface area contributed by atoms with E-state index in [4.69, 9.17) is 23.2 Å². The van der Waals surface area contributed by atoms with Gasteiger partial charge in [-0.25, -0.2) is 8.42 Å². The average molecular weight is 399 g/mol. The van der Waals surface area contributed by atoms with Crippen LogP contribution in [0.4, 0.5) is 5.69 Å².